The van der Waals surface area contributed by atoms with Crippen LogP contribution in [0.1, 0.15) is 46.1 Å². The largest absolute Gasteiger partial charge is 0.468 e. The molecule has 0 aliphatic carbocycles. The van der Waals surface area contributed by atoms with Gasteiger partial charge in [-0.2, -0.15) is 0 Å². The minimum atomic E-state index is -0.230. The zero-order valence-corrected chi connectivity index (χ0v) is 14.6. The van der Waals surface area contributed by atoms with Crippen LogP contribution in [0.5, 0.6) is 0 Å². The standard InChI is InChI=1S/C14H26N4O2S/c1-7-8-9-11(12(19)20-6)21-14-16-15-13(17(4)5)18(14)10(2)3/h10-11H,7-9H2,1-6H3. The van der Waals surface area contributed by atoms with Gasteiger partial charge in [0.15, 0.2) is 5.16 Å². The van der Waals surface area contributed by atoms with E-state index < -0.39 is 0 Å². The van der Waals surface area contributed by atoms with Gasteiger partial charge >= 0.3 is 5.97 Å². The summed E-state index contributed by atoms with van der Waals surface area (Å²) < 4.78 is 6.96. The number of nitrogens with zero attached hydrogens (tertiary/aromatic N) is 4. The van der Waals surface area contributed by atoms with E-state index in [9.17, 15) is 4.79 Å². The average molecular weight is 314 g/mol. The van der Waals surface area contributed by atoms with E-state index in [-0.39, 0.29) is 17.3 Å². The van der Waals surface area contributed by atoms with E-state index in [1.165, 1.54) is 18.9 Å². The van der Waals surface area contributed by atoms with Crippen LogP contribution in [0.15, 0.2) is 5.16 Å². The van der Waals surface area contributed by atoms with Crippen LogP contribution >= 0.6 is 11.8 Å². The zero-order chi connectivity index (χ0) is 16.0. The highest BCUT2D eigenvalue weighted by atomic mass is 32.2. The van der Waals surface area contributed by atoms with Gasteiger partial charge in [0.05, 0.1) is 7.11 Å². The fourth-order valence-electron chi connectivity index (χ4n) is 1.98. The lowest BCUT2D eigenvalue weighted by Gasteiger charge is -2.19. The molecule has 1 rings (SSSR count). The molecule has 0 aromatic carbocycles. The third-order valence-corrected chi connectivity index (χ3v) is 4.30. The zero-order valence-electron chi connectivity index (χ0n) is 13.8. The maximum atomic E-state index is 11.9. The Morgan fingerprint density at radius 3 is 2.52 bits per heavy atom. The molecule has 0 radical (unpaired) electrons. The number of methoxy groups -OCH3 is 1. The molecule has 0 N–H and O–H groups in total. The Morgan fingerprint density at radius 2 is 2.05 bits per heavy atom. The quantitative estimate of drug-likeness (QED) is 0.543. The van der Waals surface area contributed by atoms with Crippen molar-refractivity contribution in [2.24, 2.45) is 0 Å². The van der Waals surface area contributed by atoms with Gasteiger partial charge in [-0.3, -0.25) is 9.36 Å². The van der Waals surface area contributed by atoms with Crippen LogP contribution in [0, 0.1) is 0 Å². The molecular formula is C14H26N4O2S. The SMILES string of the molecule is CCCCC(Sc1nnc(N(C)C)n1C(C)C)C(=O)OC. The second-order valence-corrected chi connectivity index (χ2v) is 6.58. The summed E-state index contributed by atoms with van der Waals surface area (Å²) in [4.78, 5) is 13.9. The van der Waals surface area contributed by atoms with Crippen molar-refractivity contribution in [1.82, 2.24) is 14.8 Å². The molecule has 7 heteroatoms. The van der Waals surface area contributed by atoms with Crippen molar-refractivity contribution in [3.8, 4) is 0 Å². The Bertz CT molecular complexity index is 460. The predicted molar refractivity (Wildman–Crippen MR) is 85.9 cm³/mol. The summed E-state index contributed by atoms with van der Waals surface area (Å²) in [6.07, 6.45) is 2.83. The number of esters is 1. The van der Waals surface area contributed by atoms with Gasteiger partial charge in [-0.05, 0) is 20.3 Å². The number of ether oxygens (including phenoxy) is 1. The Labute approximate surface area is 131 Å². The van der Waals surface area contributed by atoms with Gasteiger partial charge in [0, 0.05) is 20.1 Å². The van der Waals surface area contributed by atoms with Crippen molar-refractivity contribution in [1.29, 1.82) is 0 Å². The molecule has 21 heavy (non-hydrogen) atoms. The minimum absolute atomic E-state index is 0.196. The fraction of sp³-hybridized carbons (Fsp3) is 0.786. The van der Waals surface area contributed by atoms with Gasteiger partial charge in [-0.15, -0.1) is 10.2 Å². The van der Waals surface area contributed by atoms with E-state index in [0.717, 1.165) is 30.4 Å². The van der Waals surface area contributed by atoms with E-state index in [4.69, 9.17) is 4.74 Å². The average Bonchev–Trinajstić information content (AvgIpc) is 2.86. The number of thioether (sulfide) groups is 1. The monoisotopic (exact) mass is 314 g/mol. The number of anilines is 1. The molecule has 0 fully saturated rings. The first-order valence-corrected chi connectivity index (χ1v) is 8.17. The second-order valence-electron chi connectivity index (χ2n) is 5.41. The van der Waals surface area contributed by atoms with Crippen LogP contribution in [-0.2, 0) is 9.53 Å². The first-order valence-electron chi connectivity index (χ1n) is 7.29. The summed E-state index contributed by atoms with van der Waals surface area (Å²) in [5.41, 5.74) is 0. The molecule has 0 aliphatic heterocycles. The number of unbranched alkanes of at least 4 members (excludes halogenated alkanes) is 1. The lowest BCUT2D eigenvalue weighted by atomic mass is 10.2. The normalized spacial score (nSPS) is 12.5. The molecule has 0 amide bonds. The number of rotatable bonds is 8. The lowest BCUT2D eigenvalue weighted by Crippen LogP contribution is -2.21. The fourth-order valence-corrected chi connectivity index (χ4v) is 3.21. The van der Waals surface area contributed by atoms with E-state index in [1.54, 1.807) is 0 Å². The highest BCUT2D eigenvalue weighted by molar-refractivity contribution is 8.00. The Morgan fingerprint density at radius 1 is 1.38 bits per heavy atom. The number of hydrogen-bond acceptors (Lipinski definition) is 6. The molecule has 0 saturated heterocycles. The Balaban J connectivity index is 3.00. The number of aromatic nitrogens is 3. The third kappa shape index (κ3) is 4.62. The van der Waals surface area contributed by atoms with Crippen LogP contribution in [0.2, 0.25) is 0 Å². The van der Waals surface area contributed by atoms with Crippen molar-refractivity contribution in [3.05, 3.63) is 0 Å². The lowest BCUT2D eigenvalue weighted by molar-refractivity contribution is -0.140. The van der Waals surface area contributed by atoms with E-state index in [2.05, 4.69) is 31.0 Å². The van der Waals surface area contributed by atoms with Gasteiger partial charge in [0.25, 0.3) is 0 Å². The summed E-state index contributed by atoms with van der Waals surface area (Å²) in [5, 5.41) is 9.01. The highest BCUT2D eigenvalue weighted by Gasteiger charge is 2.25. The molecule has 1 aromatic rings. The first kappa shape index (κ1) is 17.8. The van der Waals surface area contributed by atoms with Crippen molar-refractivity contribution in [2.45, 2.75) is 56.5 Å². The van der Waals surface area contributed by atoms with Crippen LogP contribution in [0.3, 0.4) is 0 Å². The van der Waals surface area contributed by atoms with Crippen molar-refractivity contribution >= 4 is 23.7 Å². The molecule has 1 unspecified atom stereocenters. The molecule has 0 aliphatic rings. The van der Waals surface area contributed by atoms with Crippen LogP contribution in [0.4, 0.5) is 5.95 Å². The van der Waals surface area contributed by atoms with Crippen LogP contribution in [-0.4, -0.2) is 47.2 Å². The Hall–Kier alpha value is -1.24. The number of carbonyl (C=O) groups is 1. The summed E-state index contributed by atoms with van der Waals surface area (Å²) in [6.45, 7) is 6.28. The molecule has 6 nitrogen and oxygen atoms in total. The summed E-state index contributed by atoms with van der Waals surface area (Å²) in [6, 6.07) is 0.226. The van der Waals surface area contributed by atoms with E-state index in [1.807, 2.05) is 23.6 Å². The smallest absolute Gasteiger partial charge is 0.319 e. The highest BCUT2D eigenvalue weighted by Crippen LogP contribution is 2.30. The summed E-state index contributed by atoms with van der Waals surface area (Å²) in [5.74, 6) is 0.602. The third-order valence-electron chi connectivity index (χ3n) is 3.09. The maximum absolute atomic E-state index is 11.9. The van der Waals surface area contributed by atoms with Crippen LogP contribution in [0.25, 0.3) is 0 Å². The molecule has 0 spiro atoms. The topological polar surface area (TPSA) is 60.2 Å². The minimum Gasteiger partial charge on any atom is -0.468 e. The molecule has 1 heterocycles. The number of carbonyl (C=O) groups excluding carboxylic acids is 1. The summed E-state index contributed by atoms with van der Waals surface area (Å²) in [7, 11) is 5.30. The maximum Gasteiger partial charge on any atom is 0.319 e. The Kier molecular flexibility index (Phi) is 7.01. The van der Waals surface area contributed by atoms with Gasteiger partial charge in [-0.1, -0.05) is 31.5 Å². The van der Waals surface area contributed by atoms with Gasteiger partial charge in [-0.25, -0.2) is 0 Å². The van der Waals surface area contributed by atoms with Crippen LogP contribution < -0.4 is 4.90 Å². The van der Waals surface area contributed by atoms with E-state index in [0.29, 0.717) is 0 Å². The predicted octanol–water partition coefficient (Wildman–Crippen LogP) is 2.75. The van der Waals surface area contributed by atoms with Gasteiger partial charge in [0.2, 0.25) is 5.95 Å². The van der Waals surface area contributed by atoms with E-state index >= 15 is 0 Å². The molecule has 0 bridgehead atoms. The molecular weight excluding hydrogens is 288 g/mol. The second kappa shape index (κ2) is 8.26. The number of hydrogen-bond donors (Lipinski definition) is 0. The van der Waals surface area contributed by atoms with Crippen molar-refractivity contribution < 1.29 is 9.53 Å². The van der Waals surface area contributed by atoms with Gasteiger partial charge in [0.1, 0.15) is 5.25 Å². The molecule has 1 atom stereocenters. The molecule has 1 aromatic heterocycles. The summed E-state index contributed by atoms with van der Waals surface area (Å²) >= 11 is 1.44. The van der Waals surface area contributed by atoms with Gasteiger partial charge < -0.3 is 9.64 Å². The van der Waals surface area contributed by atoms with Crippen molar-refractivity contribution in [3.63, 3.8) is 0 Å². The molecule has 120 valence electrons. The van der Waals surface area contributed by atoms with Crippen molar-refractivity contribution in [2.75, 3.05) is 26.1 Å². The first-order chi connectivity index (χ1) is 9.92. The molecule has 0 saturated carbocycles.